The highest BCUT2D eigenvalue weighted by atomic mass is 16.5. The summed E-state index contributed by atoms with van der Waals surface area (Å²) in [7, 11) is 0. The highest BCUT2D eigenvalue weighted by molar-refractivity contribution is 5.03. The number of rotatable bonds is 3. The van der Waals surface area contributed by atoms with Crippen LogP contribution >= 0.6 is 0 Å². The second kappa shape index (κ2) is 5.73. The highest BCUT2D eigenvalue weighted by Crippen LogP contribution is 2.47. The van der Waals surface area contributed by atoms with E-state index in [-0.39, 0.29) is 11.2 Å². The third-order valence-electron chi connectivity index (χ3n) is 5.72. The Labute approximate surface area is 119 Å². The van der Waals surface area contributed by atoms with Gasteiger partial charge in [-0.15, -0.1) is 0 Å². The van der Waals surface area contributed by atoms with Gasteiger partial charge in [0.05, 0.1) is 11.2 Å². The minimum atomic E-state index is 0.0719. The summed E-state index contributed by atoms with van der Waals surface area (Å²) in [5, 5.41) is 3.72. The van der Waals surface area contributed by atoms with Crippen LogP contribution in [0.5, 0.6) is 0 Å². The zero-order chi connectivity index (χ0) is 14.1. The molecule has 1 saturated carbocycles. The molecule has 3 atom stereocenters. The van der Waals surface area contributed by atoms with Crippen molar-refractivity contribution in [1.82, 2.24) is 5.32 Å². The summed E-state index contributed by atoms with van der Waals surface area (Å²) in [6.45, 7) is 13.8. The lowest BCUT2D eigenvalue weighted by molar-refractivity contribution is -0.228. The Balaban J connectivity index is 2.26. The topological polar surface area (TPSA) is 21.3 Å². The average molecular weight is 267 g/mol. The predicted molar refractivity (Wildman–Crippen MR) is 81.3 cm³/mol. The van der Waals surface area contributed by atoms with Crippen molar-refractivity contribution in [3.8, 4) is 0 Å². The van der Waals surface area contributed by atoms with Crippen molar-refractivity contribution >= 4 is 0 Å². The van der Waals surface area contributed by atoms with E-state index in [0.717, 1.165) is 37.8 Å². The van der Waals surface area contributed by atoms with Gasteiger partial charge in [-0.1, -0.05) is 41.0 Å². The van der Waals surface area contributed by atoms with E-state index in [1.165, 1.54) is 19.3 Å². The number of ether oxygens (including phenoxy) is 1. The molecule has 3 unspecified atom stereocenters. The smallest absolute Gasteiger partial charge is 0.0847 e. The van der Waals surface area contributed by atoms with Crippen LogP contribution in [0.3, 0.4) is 0 Å². The van der Waals surface area contributed by atoms with Gasteiger partial charge in [-0.25, -0.2) is 0 Å². The zero-order valence-electron chi connectivity index (χ0n) is 13.6. The number of nitrogens with one attached hydrogen (secondary N) is 1. The van der Waals surface area contributed by atoms with Gasteiger partial charge in [0.2, 0.25) is 0 Å². The van der Waals surface area contributed by atoms with Gasteiger partial charge < -0.3 is 10.1 Å². The third kappa shape index (κ3) is 2.85. The monoisotopic (exact) mass is 267 g/mol. The SMILES string of the molecule is CCC1(CC)CNCC2(CC(C)CCC2C(C)C)O1. The molecule has 1 saturated heterocycles. The van der Waals surface area contributed by atoms with Gasteiger partial charge in [0.15, 0.2) is 0 Å². The lowest BCUT2D eigenvalue weighted by atomic mass is 9.65. The van der Waals surface area contributed by atoms with Gasteiger partial charge in [0.25, 0.3) is 0 Å². The predicted octanol–water partition coefficient (Wildman–Crippen LogP) is 4.00. The Morgan fingerprint density at radius 1 is 1.16 bits per heavy atom. The molecule has 1 aliphatic heterocycles. The van der Waals surface area contributed by atoms with Crippen molar-refractivity contribution in [3.05, 3.63) is 0 Å². The van der Waals surface area contributed by atoms with Crippen LogP contribution < -0.4 is 5.32 Å². The van der Waals surface area contributed by atoms with E-state index in [1.807, 2.05) is 0 Å². The second-order valence-electron chi connectivity index (χ2n) is 7.40. The molecule has 1 N–H and O–H groups in total. The largest absolute Gasteiger partial charge is 0.366 e. The van der Waals surface area contributed by atoms with Crippen LogP contribution in [-0.4, -0.2) is 24.3 Å². The number of hydrogen-bond acceptors (Lipinski definition) is 2. The van der Waals surface area contributed by atoms with Crippen molar-refractivity contribution < 1.29 is 4.74 Å². The Morgan fingerprint density at radius 2 is 1.84 bits per heavy atom. The number of hydrogen-bond donors (Lipinski definition) is 1. The molecule has 1 aliphatic carbocycles. The third-order valence-corrected chi connectivity index (χ3v) is 5.72. The minimum absolute atomic E-state index is 0.0719. The van der Waals surface area contributed by atoms with Crippen LogP contribution in [0.15, 0.2) is 0 Å². The molecule has 0 aromatic heterocycles. The molecule has 2 fully saturated rings. The summed E-state index contributed by atoms with van der Waals surface area (Å²) in [5.74, 6) is 2.24. The maximum atomic E-state index is 6.88. The average Bonchev–Trinajstić information content (AvgIpc) is 2.38. The Hall–Kier alpha value is -0.0800. The molecule has 2 heteroatoms. The van der Waals surface area contributed by atoms with Gasteiger partial charge in [-0.3, -0.25) is 0 Å². The quantitative estimate of drug-likeness (QED) is 0.834. The van der Waals surface area contributed by atoms with Gasteiger partial charge >= 0.3 is 0 Å². The first-order valence-electron chi connectivity index (χ1n) is 8.38. The van der Waals surface area contributed by atoms with Crippen molar-refractivity contribution in [2.24, 2.45) is 17.8 Å². The van der Waals surface area contributed by atoms with E-state index >= 15 is 0 Å². The lowest BCUT2D eigenvalue weighted by Crippen LogP contribution is -2.65. The molecule has 1 heterocycles. The van der Waals surface area contributed by atoms with Crippen molar-refractivity contribution in [3.63, 3.8) is 0 Å². The van der Waals surface area contributed by atoms with E-state index in [2.05, 4.69) is 39.9 Å². The molecule has 0 radical (unpaired) electrons. The van der Waals surface area contributed by atoms with Crippen LogP contribution in [0, 0.1) is 17.8 Å². The fourth-order valence-corrected chi connectivity index (χ4v) is 4.48. The first-order valence-corrected chi connectivity index (χ1v) is 8.38. The van der Waals surface area contributed by atoms with E-state index in [0.29, 0.717) is 5.92 Å². The number of morpholine rings is 1. The van der Waals surface area contributed by atoms with Gasteiger partial charge in [-0.05, 0) is 43.4 Å². The first kappa shape index (κ1) is 15.3. The summed E-state index contributed by atoms with van der Waals surface area (Å²) in [6, 6.07) is 0. The van der Waals surface area contributed by atoms with E-state index < -0.39 is 0 Å². The molecule has 0 amide bonds. The maximum absolute atomic E-state index is 6.88. The summed E-state index contributed by atoms with van der Waals surface area (Å²) in [4.78, 5) is 0. The summed E-state index contributed by atoms with van der Waals surface area (Å²) >= 11 is 0. The minimum Gasteiger partial charge on any atom is -0.366 e. The van der Waals surface area contributed by atoms with E-state index in [1.54, 1.807) is 0 Å². The van der Waals surface area contributed by atoms with E-state index in [9.17, 15) is 0 Å². The van der Waals surface area contributed by atoms with Crippen LogP contribution in [0.25, 0.3) is 0 Å². The first-order chi connectivity index (χ1) is 8.97. The molecule has 2 rings (SSSR count). The standard InChI is InChI=1S/C17H33NO/c1-6-16(7-2)11-18-12-17(19-16)10-14(5)8-9-15(17)13(3)4/h13-15,18H,6-12H2,1-5H3. The van der Waals surface area contributed by atoms with Crippen molar-refractivity contribution in [2.75, 3.05) is 13.1 Å². The molecule has 2 aliphatic rings. The highest BCUT2D eigenvalue weighted by Gasteiger charge is 2.51. The fraction of sp³-hybridized carbons (Fsp3) is 1.00. The summed E-state index contributed by atoms with van der Waals surface area (Å²) in [5.41, 5.74) is 0.165. The lowest BCUT2D eigenvalue weighted by Gasteiger charge is -2.56. The molecule has 0 aromatic rings. The molecular formula is C17H33NO. The van der Waals surface area contributed by atoms with Crippen LogP contribution in [0.1, 0.15) is 66.7 Å². The Morgan fingerprint density at radius 3 is 2.42 bits per heavy atom. The van der Waals surface area contributed by atoms with Crippen molar-refractivity contribution in [2.45, 2.75) is 77.9 Å². The Bertz CT molecular complexity index is 298. The molecule has 0 aromatic carbocycles. The van der Waals surface area contributed by atoms with Crippen LogP contribution in [-0.2, 0) is 4.74 Å². The molecule has 2 nitrogen and oxygen atoms in total. The van der Waals surface area contributed by atoms with Crippen LogP contribution in [0.4, 0.5) is 0 Å². The fourth-order valence-electron chi connectivity index (χ4n) is 4.48. The van der Waals surface area contributed by atoms with Gasteiger partial charge in [0, 0.05) is 13.1 Å². The zero-order valence-corrected chi connectivity index (χ0v) is 13.6. The maximum Gasteiger partial charge on any atom is 0.0847 e. The van der Waals surface area contributed by atoms with E-state index in [4.69, 9.17) is 4.74 Å². The normalized spacial score (nSPS) is 38.8. The molecular weight excluding hydrogens is 234 g/mol. The molecule has 19 heavy (non-hydrogen) atoms. The van der Waals surface area contributed by atoms with Crippen LogP contribution in [0.2, 0.25) is 0 Å². The molecule has 1 spiro atoms. The van der Waals surface area contributed by atoms with Crippen molar-refractivity contribution in [1.29, 1.82) is 0 Å². The molecule has 112 valence electrons. The van der Waals surface area contributed by atoms with Gasteiger partial charge in [-0.2, -0.15) is 0 Å². The Kier molecular flexibility index (Phi) is 4.62. The second-order valence-corrected chi connectivity index (χ2v) is 7.40. The summed E-state index contributed by atoms with van der Waals surface area (Å²) < 4.78 is 6.88. The molecule has 0 bridgehead atoms. The van der Waals surface area contributed by atoms with Gasteiger partial charge in [0.1, 0.15) is 0 Å². The summed E-state index contributed by atoms with van der Waals surface area (Å²) in [6.07, 6.45) is 6.20.